The summed E-state index contributed by atoms with van der Waals surface area (Å²) in [6, 6.07) is 8.65. The summed E-state index contributed by atoms with van der Waals surface area (Å²) >= 11 is 0. The van der Waals surface area contributed by atoms with E-state index in [1.807, 2.05) is 0 Å². The monoisotopic (exact) mass is 220 g/mol. The molecular formula is C14H24N2. The van der Waals surface area contributed by atoms with Crippen molar-refractivity contribution in [2.75, 3.05) is 25.0 Å². The normalized spacial score (nSPS) is 10.4. The average Bonchev–Trinajstić information content (AvgIpc) is 2.33. The lowest BCUT2D eigenvalue weighted by Gasteiger charge is -2.22. The molecule has 0 heterocycles. The molecule has 16 heavy (non-hydrogen) atoms. The molecule has 0 saturated heterocycles. The number of rotatable bonds is 7. The highest BCUT2D eigenvalue weighted by molar-refractivity contribution is 5.52. The number of benzene rings is 1. The van der Waals surface area contributed by atoms with Gasteiger partial charge in [0, 0.05) is 25.8 Å². The summed E-state index contributed by atoms with van der Waals surface area (Å²) in [6.45, 7) is 7.50. The van der Waals surface area contributed by atoms with Gasteiger partial charge in [-0.15, -0.1) is 0 Å². The van der Waals surface area contributed by atoms with E-state index in [0.717, 1.165) is 19.6 Å². The molecule has 0 radical (unpaired) electrons. The third-order valence-corrected chi connectivity index (χ3v) is 2.82. The first-order valence-electron chi connectivity index (χ1n) is 6.29. The lowest BCUT2D eigenvalue weighted by molar-refractivity contribution is 0.717. The van der Waals surface area contributed by atoms with Crippen molar-refractivity contribution in [3.63, 3.8) is 0 Å². The molecule has 0 amide bonds. The van der Waals surface area contributed by atoms with Crippen molar-refractivity contribution in [1.82, 2.24) is 5.32 Å². The highest BCUT2D eigenvalue weighted by Crippen LogP contribution is 2.19. The molecule has 0 aliphatic carbocycles. The average molecular weight is 220 g/mol. The van der Waals surface area contributed by atoms with Crippen LogP contribution in [0.3, 0.4) is 0 Å². The maximum Gasteiger partial charge on any atom is 0.0409 e. The Morgan fingerprint density at radius 3 is 2.62 bits per heavy atom. The maximum absolute atomic E-state index is 3.39. The molecule has 0 unspecified atom stereocenters. The topological polar surface area (TPSA) is 15.3 Å². The lowest BCUT2D eigenvalue weighted by atomic mass is 10.1. The van der Waals surface area contributed by atoms with Gasteiger partial charge in [-0.25, -0.2) is 0 Å². The molecule has 2 heteroatoms. The molecule has 0 fully saturated rings. The number of nitrogens with zero attached hydrogens (tertiary/aromatic N) is 1. The standard InChI is InChI=1S/C14H24N2/c1-4-6-11-16(3)14-10-8-7-9-13(14)12-15-5-2/h7-10,15H,4-6,11-12H2,1-3H3. The molecule has 1 rings (SSSR count). The van der Waals surface area contributed by atoms with E-state index in [1.165, 1.54) is 24.1 Å². The van der Waals surface area contributed by atoms with Gasteiger partial charge in [-0.1, -0.05) is 38.5 Å². The van der Waals surface area contributed by atoms with Crippen LogP contribution in [-0.4, -0.2) is 20.1 Å². The summed E-state index contributed by atoms with van der Waals surface area (Å²) in [6.07, 6.45) is 2.51. The number of para-hydroxylation sites is 1. The first-order chi connectivity index (χ1) is 7.79. The van der Waals surface area contributed by atoms with Gasteiger partial charge < -0.3 is 10.2 Å². The summed E-state index contributed by atoms with van der Waals surface area (Å²) in [5.41, 5.74) is 2.75. The van der Waals surface area contributed by atoms with E-state index in [1.54, 1.807) is 0 Å². The van der Waals surface area contributed by atoms with E-state index in [2.05, 4.69) is 55.4 Å². The third kappa shape index (κ3) is 3.86. The van der Waals surface area contributed by atoms with Gasteiger partial charge in [0.25, 0.3) is 0 Å². The molecule has 0 spiro atoms. The second-order valence-electron chi connectivity index (χ2n) is 4.18. The number of nitrogens with one attached hydrogen (secondary N) is 1. The smallest absolute Gasteiger partial charge is 0.0409 e. The van der Waals surface area contributed by atoms with Gasteiger partial charge in [-0.05, 0) is 24.6 Å². The van der Waals surface area contributed by atoms with Crippen molar-refractivity contribution >= 4 is 5.69 Å². The molecule has 0 atom stereocenters. The van der Waals surface area contributed by atoms with Crippen LogP contribution in [0.4, 0.5) is 5.69 Å². The second kappa shape index (κ2) is 7.29. The second-order valence-corrected chi connectivity index (χ2v) is 4.18. The van der Waals surface area contributed by atoms with Crippen molar-refractivity contribution in [1.29, 1.82) is 0 Å². The minimum Gasteiger partial charge on any atom is -0.374 e. The fraction of sp³-hybridized carbons (Fsp3) is 0.571. The van der Waals surface area contributed by atoms with E-state index in [4.69, 9.17) is 0 Å². The maximum atomic E-state index is 3.39. The predicted octanol–water partition coefficient (Wildman–Crippen LogP) is 3.03. The summed E-state index contributed by atoms with van der Waals surface area (Å²) in [5.74, 6) is 0. The van der Waals surface area contributed by atoms with Gasteiger partial charge in [-0.3, -0.25) is 0 Å². The Balaban J connectivity index is 2.68. The van der Waals surface area contributed by atoms with E-state index >= 15 is 0 Å². The molecular weight excluding hydrogens is 196 g/mol. The molecule has 90 valence electrons. The van der Waals surface area contributed by atoms with Gasteiger partial charge in [0.15, 0.2) is 0 Å². The molecule has 1 N–H and O–H groups in total. The van der Waals surface area contributed by atoms with Crippen LogP contribution < -0.4 is 10.2 Å². The first kappa shape index (κ1) is 13.0. The SMILES string of the molecule is CCCCN(C)c1ccccc1CNCC. The third-order valence-electron chi connectivity index (χ3n) is 2.82. The van der Waals surface area contributed by atoms with Gasteiger partial charge in [0.2, 0.25) is 0 Å². The number of unbranched alkanes of at least 4 members (excludes halogenated alkanes) is 1. The molecule has 0 saturated carbocycles. The number of hydrogen-bond acceptors (Lipinski definition) is 2. The van der Waals surface area contributed by atoms with Crippen LogP contribution >= 0.6 is 0 Å². The highest BCUT2D eigenvalue weighted by Gasteiger charge is 2.05. The van der Waals surface area contributed by atoms with E-state index in [9.17, 15) is 0 Å². The van der Waals surface area contributed by atoms with Crippen LogP contribution in [0.25, 0.3) is 0 Å². The Kier molecular flexibility index (Phi) is 5.94. The van der Waals surface area contributed by atoms with Crippen LogP contribution in [0.5, 0.6) is 0 Å². The van der Waals surface area contributed by atoms with Crippen molar-refractivity contribution in [2.45, 2.75) is 33.2 Å². The van der Waals surface area contributed by atoms with Gasteiger partial charge >= 0.3 is 0 Å². The molecule has 1 aromatic carbocycles. The lowest BCUT2D eigenvalue weighted by Crippen LogP contribution is -2.21. The minimum atomic E-state index is 0.961. The zero-order valence-electron chi connectivity index (χ0n) is 10.8. The molecule has 0 aliphatic rings. The van der Waals surface area contributed by atoms with Gasteiger partial charge in [0.05, 0.1) is 0 Å². The fourth-order valence-electron chi connectivity index (χ4n) is 1.81. The van der Waals surface area contributed by atoms with E-state index in [0.29, 0.717) is 0 Å². The highest BCUT2D eigenvalue weighted by atomic mass is 15.1. The summed E-state index contributed by atoms with van der Waals surface area (Å²) in [7, 11) is 2.18. The molecule has 0 aliphatic heterocycles. The number of anilines is 1. The van der Waals surface area contributed by atoms with Crippen LogP contribution in [-0.2, 0) is 6.54 Å². The molecule has 1 aromatic rings. The predicted molar refractivity (Wildman–Crippen MR) is 72.0 cm³/mol. The summed E-state index contributed by atoms with van der Waals surface area (Å²) in [5, 5.41) is 3.39. The Morgan fingerprint density at radius 2 is 1.94 bits per heavy atom. The van der Waals surface area contributed by atoms with E-state index < -0.39 is 0 Å². The largest absolute Gasteiger partial charge is 0.374 e. The Hall–Kier alpha value is -1.02. The first-order valence-corrected chi connectivity index (χ1v) is 6.29. The minimum absolute atomic E-state index is 0.961. The molecule has 0 bridgehead atoms. The summed E-state index contributed by atoms with van der Waals surface area (Å²) < 4.78 is 0. The van der Waals surface area contributed by atoms with Crippen molar-refractivity contribution in [2.24, 2.45) is 0 Å². The van der Waals surface area contributed by atoms with E-state index in [-0.39, 0.29) is 0 Å². The van der Waals surface area contributed by atoms with Crippen LogP contribution in [0.1, 0.15) is 32.3 Å². The van der Waals surface area contributed by atoms with Crippen molar-refractivity contribution in [3.8, 4) is 0 Å². The van der Waals surface area contributed by atoms with Gasteiger partial charge in [-0.2, -0.15) is 0 Å². The molecule has 0 aromatic heterocycles. The molecule has 2 nitrogen and oxygen atoms in total. The zero-order chi connectivity index (χ0) is 11.8. The van der Waals surface area contributed by atoms with Crippen LogP contribution in [0.2, 0.25) is 0 Å². The summed E-state index contributed by atoms with van der Waals surface area (Å²) in [4.78, 5) is 2.36. The van der Waals surface area contributed by atoms with Crippen LogP contribution in [0, 0.1) is 0 Å². The quantitative estimate of drug-likeness (QED) is 0.760. The zero-order valence-corrected chi connectivity index (χ0v) is 10.8. The Labute approximate surface area is 99.7 Å². The fourth-order valence-corrected chi connectivity index (χ4v) is 1.81. The van der Waals surface area contributed by atoms with Crippen molar-refractivity contribution < 1.29 is 0 Å². The van der Waals surface area contributed by atoms with Crippen LogP contribution in [0.15, 0.2) is 24.3 Å². The Morgan fingerprint density at radius 1 is 1.19 bits per heavy atom. The Bertz CT molecular complexity index is 297. The number of hydrogen-bond donors (Lipinski definition) is 1. The van der Waals surface area contributed by atoms with Gasteiger partial charge in [0.1, 0.15) is 0 Å². The van der Waals surface area contributed by atoms with Crippen molar-refractivity contribution in [3.05, 3.63) is 29.8 Å².